The summed E-state index contributed by atoms with van der Waals surface area (Å²) in [6, 6.07) is 0.991. The Bertz CT molecular complexity index is 95.0. The molecule has 0 N–H and O–H groups in total. The number of hydrogen-bond acceptors (Lipinski definition) is 1. The van der Waals surface area contributed by atoms with Crippen LogP contribution in [0.4, 0.5) is 0 Å². The van der Waals surface area contributed by atoms with E-state index in [-0.39, 0.29) is 0 Å². The fourth-order valence-corrected chi connectivity index (χ4v) is 2.04. The third-order valence-electron chi connectivity index (χ3n) is 2.68. The molecule has 0 aromatic heterocycles. The molecule has 8 heavy (non-hydrogen) atoms. The van der Waals surface area contributed by atoms with Crippen molar-refractivity contribution >= 4 is 0 Å². The molecule has 1 aliphatic heterocycles. The maximum absolute atomic E-state index is 2.50. The molecule has 0 bridgehead atoms. The van der Waals surface area contributed by atoms with Crippen LogP contribution in [0.15, 0.2) is 0 Å². The summed E-state index contributed by atoms with van der Waals surface area (Å²) in [6.45, 7) is 3.71. The van der Waals surface area contributed by atoms with Crippen molar-refractivity contribution in [3.63, 3.8) is 0 Å². The Morgan fingerprint density at radius 1 is 1.50 bits per heavy atom. The van der Waals surface area contributed by atoms with Crippen molar-refractivity contribution in [1.29, 1.82) is 0 Å². The van der Waals surface area contributed by atoms with E-state index in [4.69, 9.17) is 0 Å². The van der Waals surface area contributed by atoms with Gasteiger partial charge in [-0.3, -0.25) is 0 Å². The maximum Gasteiger partial charge on any atom is 0.0127 e. The first-order valence-corrected chi connectivity index (χ1v) is 3.49. The summed E-state index contributed by atoms with van der Waals surface area (Å²) in [5, 5.41) is 0. The second kappa shape index (κ2) is 1.27. The Morgan fingerprint density at radius 3 is 2.38 bits per heavy atom. The molecule has 0 spiro atoms. The van der Waals surface area contributed by atoms with E-state index in [1.54, 1.807) is 0 Å². The predicted octanol–water partition coefficient (Wildman–Crippen LogP) is 0.956. The van der Waals surface area contributed by atoms with Crippen LogP contribution in [0.2, 0.25) is 0 Å². The van der Waals surface area contributed by atoms with Gasteiger partial charge in [-0.15, -0.1) is 0 Å². The number of rotatable bonds is 0. The van der Waals surface area contributed by atoms with Gasteiger partial charge in [0.05, 0.1) is 0 Å². The summed E-state index contributed by atoms with van der Waals surface area (Å²) in [5.41, 5.74) is 0. The van der Waals surface area contributed by atoms with Gasteiger partial charge in [-0.05, 0) is 25.3 Å². The largest absolute Gasteiger partial charge is 0.303 e. The lowest BCUT2D eigenvalue weighted by atomic mass is 10.1. The molecule has 1 saturated carbocycles. The fraction of sp³-hybridized carbons (Fsp3) is 1.00. The minimum Gasteiger partial charge on any atom is -0.303 e. The van der Waals surface area contributed by atoms with Crippen LogP contribution in [0.25, 0.3) is 0 Å². The van der Waals surface area contributed by atoms with Crippen molar-refractivity contribution in [3.8, 4) is 0 Å². The first kappa shape index (κ1) is 4.80. The zero-order valence-electron chi connectivity index (χ0n) is 5.59. The van der Waals surface area contributed by atoms with Crippen LogP contribution in [0.1, 0.15) is 13.3 Å². The van der Waals surface area contributed by atoms with Gasteiger partial charge in [0.1, 0.15) is 0 Å². The highest BCUT2D eigenvalue weighted by Crippen LogP contribution is 2.46. The lowest BCUT2D eigenvalue weighted by Crippen LogP contribution is -2.18. The van der Waals surface area contributed by atoms with E-state index in [1.165, 1.54) is 13.0 Å². The predicted molar refractivity (Wildman–Crippen MR) is 33.7 cm³/mol. The molecule has 3 unspecified atom stereocenters. The van der Waals surface area contributed by atoms with Crippen molar-refractivity contribution in [2.75, 3.05) is 13.6 Å². The Labute approximate surface area is 50.7 Å². The summed E-state index contributed by atoms with van der Waals surface area (Å²) in [4.78, 5) is 2.50. The number of nitrogens with zero attached hydrogens (tertiary/aromatic N) is 1. The maximum atomic E-state index is 2.50. The average molecular weight is 111 g/mol. The molecule has 2 aliphatic rings. The van der Waals surface area contributed by atoms with E-state index in [0.717, 1.165) is 17.9 Å². The molecular weight excluding hydrogens is 98.1 g/mol. The van der Waals surface area contributed by atoms with Crippen molar-refractivity contribution < 1.29 is 0 Å². The molecule has 0 amide bonds. The molecule has 1 heteroatoms. The summed E-state index contributed by atoms with van der Waals surface area (Å²) in [6.07, 6.45) is 1.48. The van der Waals surface area contributed by atoms with Gasteiger partial charge in [0.2, 0.25) is 0 Å². The van der Waals surface area contributed by atoms with Gasteiger partial charge >= 0.3 is 0 Å². The van der Waals surface area contributed by atoms with Gasteiger partial charge in [0, 0.05) is 12.6 Å². The van der Waals surface area contributed by atoms with Crippen LogP contribution < -0.4 is 0 Å². The van der Waals surface area contributed by atoms with Gasteiger partial charge in [-0.1, -0.05) is 6.92 Å². The monoisotopic (exact) mass is 111 g/mol. The summed E-state index contributed by atoms with van der Waals surface area (Å²) in [7, 11) is 2.24. The van der Waals surface area contributed by atoms with Crippen molar-refractivity contribution in [2.45, 2.75) is 19.4 Å². The first-order chi connectivity index (χ1) is 3.79. The first-order valence-electron chi connectivity index (χ1n) is 3.49. The molecule has 1 nitrogen and oxygen atoms in total. The van der Waals surface area contributed by atoms with Gasteiger partial charge in [-0.2, -0.15) is 0 Å². The van der Waals surface area contributed by atoms with E-state index < -0.39 is 0 Å². The molecule has 1 heterocycles. The van der Waals surface area contributed by atoms with Gasteiger partial charge in [-0.25, -0.2) is 0 Å². The molecule has 0 radical (unpaired) electrons. The molecule has 1 aliphatic carbocycles. The number of hydrogen-bond donors (Lipinski definition) is 0. The summed E-state index contributed by atoms with van der Waals surface area (Å²) in [5.74, 6) is 2.07. The topological polar surface area (TPSA) is 3.24 Å². The Kier molecular flexibility index (Phi) is 0.762. The SMILES string of the molecule is CC1CN(C)C2CC12. The molecule has 3 atom stereocenters. The zero-order valence-corrected chi connectivity index (χ0v) is 5.59. The van der Waals surface area contributed by atoms with Crippen LogP contribution >= 0.6 is 0 Å². The van der Waals surface area contributed by atoms with Crippen LogP contribution in [0.5, 0.6) is 0 Å². The molecule has 0 aromatic carbocycles. The van der Waals surface area contributed by atoms with Crippen molar-refractivity contribution in [1.82, 2.24) is 4.90 Å². The van der Waals surface area contributed by atoms with E-state index in [2.05, 4.69) is 18.9 Å². The van der Waals surface area contributed by atoms with E-state index >= 15 is 0 Å². The van der Waals surface area contributed by atoms with Gasteiger partial charge in [0.25, 0.3) is 0 Å². The van der Waals surface area contributed by atoms with Crippen LogP contribution in [-0.4, -0.2) is 24.5 Å². The molecule has 2 fully saturated rings. The highest BCUT2D eigenvalue weighted by atomic mass is 15.2. The molecule has 0 aromatic rings. The van der Waals surface area contributed by atoms with Crippen LogP contribution in [-0.2, 0) is 0 Å². The number of fused-ring (bicyclic) bond motifs is 1. The third kappa shape index (κ3) is 0.455. The fourth-order valence-electron chi connectivity index (χ4n) is 2.04. The quantitative estimate of drug-likeness (QED) is 0.450. The second-order valence-electron chi connectivity index (χ2n) is 3.38. The average Bonchev–Trinajstić information content (AvgIpc) is 2.35. The zero-order chi connectivity index (χ0) is 5.72. The minimum atomic E-state index is 0.991. The highest BCUT2D eigenvalue weighted by Gasteiger charge is 2.49. The van der Waals surface area contributed by atoms with Crippen LogP contribution in [0.3, 0.4) is 0 Å². The number of likely N-dealkylation sites (tertiary alicyclic amines) is 1. The molecule has 1 saturated heterocycles. The second-order valence-corrected chi connectivity index (χ2v) is 3.38. The van der Waals surface area contributed by atoms with Crippen molar-refractivity contribution in [3.05, 3.63) is 0 Å². The van der Waals surface area contributed by atoms with Crippen molar-refractivity contribution in [2.24, 2.45) is 11.8 Å². The lowest BCUT2D eigenvalue weighted by Gasteiger charge is -2.10. The Morgan fingerprint density at radius 2 is 2.25 bits per heavy atom. The summed E-state index contributed by atoms with van der Waals surface area (Å²) < 4.78 is 0. The molecular formula is C7H13N. The normalized spacial score (nSPS) is 54.0. The number of piperidine rings is 1. The van der Waals surface area contributed by atoms with E-state index in [1.807, 2.05) is 0 Å². The standard InChI is InChI=1S/C7H13N/c1-5-4-8(2)7-3-6(5)7/h5-7H,3-4H2,1-2H3. The van der Waals surface area contributed by atoms with E-state index in [9.17, 15) is 0 Å². The minimum absolute atomic E-state index is 0.991. The van der Waals surface area contributed by atoms with Crippen LogP contribution in [0, 0.1) is 11.8 Å². The summed E-state index contributed by atoms with van der Waals surface area (Å²) >= 11 is 0. The Hall–Kier alpha value is -0.0400. The third-order valence-corrected chi connectivity index (χ3v) is 2.68. The Balaban J connectivity index is 2.09. The lowest BCUT2D eigenvalue weighted by molar-refractivity contribution is 0.343. The van der Waals surface area contributed by atoms with Gasteiger partial charge < -0.3 is 4.90 Å². The smallest absolute Gasteiger partial charge is 0.0127 e. The van der Waals surface area contributed by atoms with E-state index in [0.29, 0.717) is 0 Å². The molecule has 46 valence electrons. The van der Waals surface area contributed by atoms with Gasteiger partial charge in [0.15, 0.2) is 0 Å². The highest BCUT2D eigenvalue weighted by molar-refractivity contribution is 5.02. The molecule has 2 rings (SSSR count).